The molecule has 8 nitrogen and oxygen atoms in total. The van der Waals surface area contributed by atoms with E-state index in [-0.39, 0.29) is 19.1 Å². The normalized spacial score (nSPS) is 33.0. The van der Waals surface area contributed by atoms with Gasteiger partial charge in [0.25, 0.3) is 0 Å². The Hall–Kier alpha value is -1.83. The summed E-state index contributed by atoms with van der Waals surface area (Å²) < 4.78 is 16.2. The third-order valence-electron chi connectivity index (χ3n) is 5.28. The highest BCUT2D eigenvalue weighted by molar-refractivity contribution is 5.72. The molecule has 0 aromatic carbocycles. The largest absolute Gasteiger partial charge is 0.476 e. The molecule has 148 valence electrons. The highest BCUT2D eigenvalue weighted by Crippen LogP contribution is 2.39. The highest BCUT2D eigenvalue weighted by atomic mass is 16.7. The third kappa shape index (κ3) is 4.66. The second-order valence-corrected chi connectivity index (χ2v) is 7.55. The Balaban J connectivity index is 2.24. The Bertz CT molecular complexity index is 560. The van der Waals surface area contributed by atoms with Crippen LogP contribution < -0.4 is 0 Å². The van der Waals surface area contributed by atoms with E-state index >= 15 is 0 Å². The van der Waals surface area contributed by atoms with Crippen molar-refractivity contribution in [2.75, 3.05) is 6.61 Å². The van der Waals surface area contributed by atoms with Gasteiger partial charge in [0.1, 0.15) is 5.92 Å². The lowest BCUT2D eigenvalue weighted by atomic mass is 9.75. The number of nitro groups is 1. The van der Waals surface area contributed by atoms with Gasteiger partial charge < -0.3 is 19.3 Å². The van der Waals surface area contributed by atoms with Crippen molar-refractivity contribution in [1.29, 1.82) is 0 Å². The maximum atomic E-state index is 11.8. The minimum Gasteiger partial charge on any atom is -0.476 e. The van der Waals surface area contributed by atoms with Gasteiger partial charge in [-0.25, -0.2) is 0 Å². The van der Waals surface area contributed by atoms with Crippen molar-refractivity contribution in [3.05, 3.63) is 21.8 Å². The molecule has 0 amide bonds. The lowest BCUT2D eigenvalue weighted by Crippen LogP contribution is -2.39. The van der Waals surface area contributed by atoms with E-state index in [0.717, 1.165) is 19.3 Å². The van der Waals surface area contributed by atoms with E-state index in [9.17, 15) is 20.0 Å². The molecular weight excluding hydrogens is 342 g/mol. The molecule has 0 bridgehead atoms. The van der Waals surface area contributed by atoms with Crippen molar-refractivity contribution in [2.24, 2.45) is 23.7 Å². The number of esters is 1. The number of aliphatic hydroxyl groups is 1. The van der Waals surface area contributed by atoms with Gasteiger partial charge in [-0.15, -0.1) is 0 Å². The van der Waals surface area contributed by atoms with Gasteiger partial charge in [0, 0.05) is 0 Å². The zero-order chi connectivity index (χ0) is 19.4. The fourth-order valence-corrected chi connectivity index (χ4v) is 3.91. The van der Waals surface area contributed by atoms with Crippen LogP contribution in [0.1, 0.15) is 53.4 Å². The molecule has 1 N–H and O–H groups in total. The highest BCUT2D eigenvalue weighted by Gasteiger charge is 2.48. The van der Waals surface area contributed by atoms with Crippen LogP contribution in [0.25, 0.3) is 0 Å². The summed E-state index contributed by atoms with van der Waals surface area (Å²) in [5.41, 5.74) is -0.562. The van der Waals surface area contributed by atoms with Crippen molar-refractivity contribution >= 4 is 5.97 Å². The molecular formula is C18H29NO7. The van der Waals surface area contributed by atoms with Gasteiger partial charge in [-0.1, -0.05) is 27.2 Å². The second-order valence-electron chi connectivity index (χ2n) is 7.55. The molecule has 0 aromatic rings. The SMILES string of the molecule is CCO/C(O)=C(/[C@@H]1CC(=O)O[C@H]1O[C@H]1C[C@@H](C)CC[C@@H]1C(C)C)[N+](=O)[O-]. The summed E-state index contributed by atoms with van der Waals surface area (Å²) in [5, 5.41) is 21.4. The van der Waals surface area contributed by atoms with Gasteiger partial charge >= 0.3 is 17.6 Å². The molecule has 0 unspecified atom stereocenters. The van der Waals surface area contributed by atoms with E-state index < -0.39 is 34.7 Å². The number of nitrogens with zero attached hydrogens (tertiary/aromatic N) is 1. The zero-order valence-corrected chi connectivity index (χ0v) is 15.8. The predicted octanol–water partition coefficient (Wildman–Crippen LogP) is 3.39. The Labute approximate surface area is 153 Å². The maximum absolute atomic E-state index is 11.8. The van der Waals surface area contributed by atoms with Crippen LogP contribution in [0.2, 0.25) is 0 Å². The number of cyclic esters (lactones) is 1. The summed E-state index contributed by atoms with van der Waals surface area (Å²) in [6.45, 7) is 8.08. The Kier molecular flexibility index (Phi) is 6.86. The predicted molar refractivity (Wildman–Crippen MR) is 92.5 cm³/mol. The molecule has 0 radical (unpaired) electrons. The average molecular weight is 371 g/mol. The van der Waals surface area contributed by atoms with Crippen molar-refractivity contribution in [1.82, 2.24) is 0 Å². The summed E-state index contributed by atoms with van der Waals surface area (Å²) >= 11 is 0. The Morgan fingerprint density at radius 2 is 2.12 bits per heavy atom. The van der Waals surface area contributed by atoms with Crippen LogP contribution in [-0.4, -0.2) is 35.0 Å². The van der Waals surface area contributed by atoms with Crippen LogP contribution in [0.4, 0.5) is 0 Å². The number of hydrogen-bond acceptors (Lipinski definition) is 7. The third-order valence-corrected chi connectivity index (χ3v) is 5.28. The monoisotopic (exact) mass is 371 g/mol. The van der Waals surface area contributed by atoms with Crippen LogP contribution in [0, 0.1) is 33.8 Å². The Morgan fingerprint density at radius 3 is 2.69 bits per heavy atom. The summed E-state index contributed by atoms with van der Waals surface area (Å²) in [4.78, 5) is 22.6. The molecule has 1 heterocycles. The molecule has 2 aliphatic rings. The van der Waals surface area contributed by atoms with Gasteiger partial charge in [-0.3, -0.25) is 14.9 Å². The molecule has 0 spiro atoms. The molecule has 26 heavy (non-hydrogen) atoms. The van der Waals surface area contributed by atoms with Crippen LogP contribution >= 0.6 is 0 Å². The van der Waals surface area contributed by atoms with E-state index in [4.69, 9.17) is 14.2 Å². The number of aliphatic hydroxyl groups excluding tert-OH is 1. The molecule has 8 heteroatoms. The first-order chi connectivity index (χ1) is 12.2. The van der Waals surface area contributed by atoms with E-state index in [0.29, 0.717) is 17.8 Å². The summed E-state index contributed by atoms with van der Waals surface area (Å²) in [6.07, 6.45) is 1.51. The number of ether oxygens (including phenoxy) is 3. The van der Waals surface area contributed by atoms with Crippen LogP contribution in [0.15, 0.2) is 11.6 Å². The number of rotatable bonds is 7. The second kappa shape index (κ2) is 8.70. The first-order valence-corrected chi connectivity index (χ1v) is 9.29. The summed E-state index contributed by atoms with van der Waals surface area (Å²) in [5.74, 6) is -1.18. The van der Waals surface area contributed by atoms with Crippen molar-refractivity contribution < 1.29 is 29.0 Å². The molecule has 2 fully saturated rings. The Morgan fingerprint density at radius 1 is 1.42 bits per heavy atom. The van der Waals surface area contributed by atoms with Crippen molar-refractivity contribution in [2.45, 2.75) is 65.8 Å². The smallest absolute Gasteiger partial charge is 0.354 e. The van der Waals surface area contributed by atoms with Crippen LogP contribution in [0.5, 0.6) is 0 Å². The fourth-order valence-electron chi connectivity index (χ4n) is 3.91. The summed E-state index contributed by atoms with van der Waals surface area (Å²) in [6, 6.07) is 0. The van der Waals surface area contributed by atoms with Gasteiger partial charge in [0.15, 0.2) is 0 Å². The van der Waals surface area contributed by atoms with Gasteiger partial charge in [-0.05, 0) is 37.5 Å². The molecule has 5 atom stereocenters. The first-order valence-electron chi connectivity index (χ1n) is 9.29. The lowest BCUT2D eigenvalue weighted by molar-refractivity contribution is -0.443. The molecule has 1 saturated heterocycles. The van der Waals surface area contributed by atoms with Crippen molar-refractivity contribution in [3.63, 3.8) is 0 Å². The number of carbonyl (C=O) groups is 1. The minimum atomic E-state index is -1.08. The van der Waals surface area contributed by atoms with Gasteiger partial charge in [0.05, 0.1) is 24.1 Å². The van der Waals surface area contributed by atoms with Crippen molar-refractivity contribution in [3.8, 4) is 0 Å². The van der Waals surface area contributed by atoms with E-state index in [1.165, 1.54) is 0 Å². The minimum absolute atomic E-state index is 0.0752. The van der Waals surface area contributed by atoms with E-state index in [1.54, 1.807) is 6.92 Å². The first kappa shape index (κ1) is 20.5. The van der Waals surface area contributed by atoms with Gasteiger partial charge in [-0.2, -0.15) is 0 Å². The van der Waals surface area contributed by atoms with E-state index in [1.807, 2.05) is 0 Å². The standard InChI is InChI=1S/C18H29NO7/c1-5-24-17(21)16(19(22)23)13-9-15(20)26-18(13)25-14-8-11(4)6-7-12(14)10(2)3/h10-14,18,21H,5-9H2,1-4H3/b17-16-/t11-,12+,13-,14-,18+/m0/s1. The number of hydrogen-bond donors (Lipinski definition) is 1. The molecule has 1 saturated carbocycles. The van der Waals surface area contributed by atoms with Crippen LogP contribution in [0.3, 0.4) is 0 Å². The quantitative estimate of drug-likeness (QED) is 0.316. The fraction of sp³-hybridized carbons (Fsp3) is 0.833. The molecule has 1 aliphatic carbocycles. The molecule has 0 aromatic heterocycles. The topological polar surface area (TPSA) is 108 Å². The lowest BCUT2D eigenvalue weighted by Gasteiger charge is -2.38. The van der Waals surface area contributed by atoms with Crippen LogP contribution in [-0.2, 0) is 19.0 Å². The maximum Gasteiger partial charge on any atom is 0.354 e. The average Bonchev–Trinajstić information content (AvgIpc) is 2.87. The summed E-state index contributed by atoms with van der Waals surface area (Å²) in [7, 11) is 0. The zero-order valence-electron chi connectivity index (χ0n) is 15.8. The molecule has 2 rings (SSSR count). The van der Waals surface area contributed by atoms with Gasteiger partial charge in [0.2, 0.25) is 6.29 Å². The van der Waals surface area contributed by atoms with E-state index in [2.05, 4.69) is 20.8 Å². The molecule has 1 aliphatic heterocycles. The number of carbonyl (C=O) groups excluding carboxylic acids is 1.